The van der Waals surface area contributed by atoms with Crippen molar-refractivity contribution in [3.8, 4) is 5.75 Å². The molecule has 2 heterocycles. The predicted octanol–water partition coefficient (Wildman–Crippen LogP) is -0.430. The van der Waals surface area contributed by atoms with Gasteiger partial charge in [0.15, 0.2) is 11.2 Å². The Bertz CT molecular complexity index is 652. The first-order chi connectivity index (χ1) is 13.2. The SMILES string of the molecule is CCCNC(=O)[C@@H]1CN(C(=S)NCC[NH+]2CCOCC2)c2ccccc2O1. The minimum Gasteiger partial charge on any atom is -0.477 e. The van der Waals surface area contributed by atoms with E-state index in [4.69, 9.17) is 21.7 Å². The summed E-state index contributed by atoms with van der Waals surface area (Å²) in [6.07, 6.45) is 0.318. The molecule has 0 radical (unpaired) electrons. The maximum atomic E-state index is 12.4. The Morgan fingerprint density at radius 3 is 2.81 bits per heavy atom. The number of hydrogen-bond donors (Lipinski definition) is 3. The molecule has 0 spiro atoms. The lowest BCUT2D eigenvalue weighted by atomic mass is 10.2. The van der Waals surface area contributed by atoms with Gasteiger partial charge in [0.25, 0.3) is 5.91 Å². The van der Waals surface area contributed by atoms with Gasteiger partial charge in [-0.2, -0.15) is 0 Å². The van der Waals surface area contributed by atoms with E-state index in [9.17, 15) is 4.79 Å². The van der Waals surface area contributed by atoms with Crippen LogP contribution in [0.2, 0.25) is 0 Å². The van der Waals surface area contributed by atoms with Crippen LogP contribution in [0.3, 0.4) is 0 Å². The fraction of sp³-hybridized carbons (Fsp3) is 0.579. The van der Waals surface area contributed by atoms with Gasteiger partial charge in [0, 0.05) is 6.54 Å². The Kier molecular flexibility index (Phi) is 7.25. The number of morpholine rings is 1. The molecule has 8 heteroatoms. The normalized spacial score (nSPS) is 19.7. The van der Waals surface area contributed by atoms with Crippen molar-refractivity contribution in [2.45, 2.75) is 19.4 Å². The fourth-order valence-electron chi connectivity index (χ4n) is 3.28. The molecule has 1 aromatic rings. The van der Waals surface area contributed by atoms with Crippen molar-refractivity contribution >= 4 is 28.9 Å². The van der Waals surface area contributed by atoms with Crippen LogP contribution in [0, 0.1) is 0 Å². The third-order valence-electron chi connectivity index (χ3n) is 4.82. The molecule has 0 unspecified atom stereocenters. The summed E-state index contributed by atoms with van der Waals surface area (Å²) in [7, 11) is 0. The van der Waals surface area contributed by atoms with Gasteiger partial charge in [0.05, 0.1) is 38.5 Å². The highest BCUT2D eigenvalue weighted by molar-refractivity contribution is 7.80. The van der Waals surface area contributed by atoms with E-state index in [-0.39, 0.29) is 5.91 Å². The predicted molar refractivity (Wildman–Crippen MR) is 108 cm³/mol. The zero-order chi connectivity index (χ0) is 19.1. The summed E-state index contributed by atoms with van der Waals surface area (Å²) >= 11 is 5.64. The summed E-state index contributed by atoms with van der Waals surface area (Å²) in [5, 5.41) is 6.89. The Balaban J connectivity index is 1.61. The molecule has 27 heavy (non-hydrogen) atoms. The third kappa shape index (κ3) is 5.31. The van der Waals surface area contributed by atoms with Crippen molar-refractivity contribution in [1.82, 2.24) is 10.6 Å². The zero-order valence-corrected chi connectivity index (χ0v) is 16.6. The maximum Gasteiger partial charge on any atom is 0.262 e. The molecule has 148 valence electrons. The third-order valence-corrected chi connectivity index (χ3v) is 5.18. The molecular formula is C19H29N4O3S+. The average Bonchev–Trinajstić information content (AvgIpc) is 2.71. The lowest BCUT2D eigenvalue weighted by Crippen LogP contribution is -3.14. The first-order valence-corrected chi connectivity index (χ1v) is 10.1. The number of nitrogens with one attached hydrogen (secondary N) is 3. The summed E-state index contributed by atoms with van der Waals surface area (Å²) in [4.78, 5) is 15.9. The van der Waals surface area contributed by atoms with Crippen LogP contribution >= 0.6 is 12.2 Å². The molecule has 0 aromatic heterocycles. The Morgan fingerprint density at radius 2 is 2.04 bits per heavy atom. The van der Waals surface area contributed by atoms with Crippen molar-refractivity contribution in [3.63, 3.8) is 0 Å². The van der Waals surface area contributed by atoms with Gasteiger partial charge in [-0.05, 0) is 30.8 Å². The van der Waals surface area contributed by atoms with Crippen LogP contribution in [-0.2, 0) is 9.53 Å². The Hall–Kier alpha value is -1.90. The van der Waals surface area contributed by atoms with Gasteiger partial charge >= 0.3 is 0 Å². The number of benzene rings is 1. The van der Waals surface area contributed by atoms with Gasteiger partial charge in [-0.3, -0.25) is 4.79 Å². The number of nitrogens with zero attached hydrogens (tertiary/aromatic N) is 1. The van der Waals surface area contributed by atoms with E-state index in [2.05, 4.69) is 10.6 Å². The lowest BCUT2D eigenvalue weighted by molar-refractivity contribution is -0.906. The molecular weight excluding hydrogens is 364 g/mol. The number of rotatable bonds is 6. The number of quaternary nitrogens is 1. The number of ether oxygens (including phenoxy) is 2. The Morgan fingerprint density at radius 1 is 1.26 bits per heavy atom. The van der Waals surface area contributed by atoms with E-state index >= 15 is 0 Å². The first kappa shape index (κ1) is 19.9. The number of carbonyl (C=O) groups is 1. The molecule has 0 bridgehead atoms. The average molecular weight is 394 g/mol. The fourth-order valence-corrected chi connectivity index (χ4v) is 3.55. The van der Waals surface area contributed by atoms with E-state index in [1.54, 1.807) is 0 Å². The largest absolute Gasteiger partial charge is 0.477 e. The summed E-state index contributed by atoms with van der Waals surface area (Å²) in [5.41, 5.74) is 0.897. The van der Waals surface area contributed by atoms with Crippen LogP contribution < -0.4 is 25.2 Å². The van der Waals surface area contributed by atoms with Crippen LogP contribution in [0.4, 0.5) is 5.69 Å². The highest BCUT2D eigenvalue weighted by atomic mass is 32.1. The van der Waals surface area contributed by atoms with Crippen molar-refractivity contribution in [3.05, 3.63) is 24.3 Å². The van der Waals surface area contributed by atoms with Gasteiger partial charge in [0.2, 0.25) is 0 Å². The van der Waals surface area contributed by atoms with E-state index in [1.165, 1.54) is 4.90 Å². The molecule has 0 saturated carbocycles. The van der Waals surface area contributed by atoms with Crippen LogP contribution in [0.15, 0.2) is 24.3 Å². The van der Waals surface area contributed by atoms with E-state index in [0.717, 1.165) is 51.5 Å². The molecule has 1 saturated heterocycles. The number of amides is 1. The van der Waals surface area contributed by atoms with E-state index in [1.807, 2.05) is 36.1 Å². The van der Waals surface area contributed by atoms with Gasteiger partial charge < -0.3 is 29.9 Å². The number of anilines is 1. The highest BCUT2D eigenvalue weighted by Gasteiger charge is 2.32. The molecule has 7 nitrogen and oxygen atoms in total. The summed E-state index contributed by atoms with van der Waals surface area (Å²) in [6, 6.07) is 7.70. The molecule has 1 fully saturated rings. The van der Waals surface area contributed by atoms with E-state index in [0.29, 0.717) is 24.0 Å². The van der Waals surface area contributed by atoms with Crippen LogP contribution in [-0.4, -0.2) is 69.6 Å². The van der Waals surface area contributed by atoms with Crippen LogP contribution in [0.25, 0.3) is 0 Å². The number of thiocarbonyl (C=S) groups is 1. The molecule has 3 N–H and O–H groups in total. The molecule has 2 aliphatic heterocycles. The summed E-state index contributed by atoms with van der Waals surface area (Å²) < 4.78 is 11.3. The first-order valence-electron chi connectivity index (χ1n) is 9.69. The maximum absolute atomic E-state index is 12.4. The number of carbonyl (C=O) groups excluding carboxylic acids is 1. The van der Waals surface area contributed by atoms with Crippen molar-refractivity contribution in [2.24, 2.45) is 0 Å². The molecule has 1 atom stereocenters. The van der Waals surface area contributed by atoms with Crippen molar-refractivity contribution < 1.29 is 19.2 Å². The molecule has 1 aromatic carbocycles. The highest BCUT2D eigenvalue weighted by Crippen LogP contribution is 2.33. The second-order valence-corrected chi connectivity index (χ2v) is 7.21. The van der Waals surface area contributed by atoms with Gasteiger partial charge in [-0.15, -0.1) is 0 Å². The standard InChI is InChI=1S/C19H28N4O3S/c1-2-7-20-18(24)17-14-23(15-5-3-4-6-16(15)26-17)19(27)21-8-9-22-10-12-25-13-11-22/h3-6,17H,2,7-14H2,1H3,(H,20,24)(H,21,27)/p+1/t17-/m0/s1. The van der Waals surface area contributed by atoms with Crippen molar-refractivity contribution in [1.29, 1.82) is 0 Å². The summed E-state index contributed by atoms with van der Waals surface area (Å²) in [5.74, 6) is 0.584. The smallest absolute Gasteiger partial charge is 0.262 e. The van der Waals surface area contributed by atoms with Gasteiger partial charge in [-0.25, -0.2) is 0 Å². The van der Waals surface area contributed by atoms with Crippen LogP contribution in [0.5, 0.6) is 5.75 Å². The number of fused-ring (bicyclic) bond motifs is 1. The monoisotopic (exact) mass is 393 g/mol. The topological polar surface area (TPSA) is 67.3 Å². The minimum atomic E-state index is -0.573. The Labute approximate surface area is 166 Å². The second-order valence-electron chi connectivity index (χ2n) is 6.82. The molecule has 1 amide bonds. The molecule has 3 rings (SSSR count). The van der Waals surface area contributed by atoms with Crippen molar-refractivity contribution in [2.75, 3.05) is 57.4 Å². The summed E-state index contributed by atoms with van der Waals surface area (Å²) in [6.45, 7) is 8.59. The number of para-hydroxylation sites is 2. The second kappa shape index (κ2) is 9.87. The zero-order valence-electron chi connectivity index (χ0n) is 15.8. The van der Waals surface area contributed by atoms with Gasteiger partial charge in [0.1, 0.15) is 18.8 Å². The minimum absolute atomic E-state index is 0.100. The molecule has 0 aliphatic carbocycles. The van der Waals surface area contributed by atoms with Crippen LogP contribution in [0.1, 0.15) is 13.3 Å². The molecule has 2 aliphatic rings. The lowest BCUT2D eigenvalue weighted by Gasteiger charge is -2.35. The van der Waals surface area contributed by atoms with E-state index < -0.39 is 6.10 Å². The van der Waals surface area contributed by atoms with Gasteiger partial charge in [-0.1, -0.05) is 19.1 Å². The quantitative estimate of drug-likeness (QED) is 0.570. The number of hydrogen-bond acceptors (Lipinski definition) is 4.